The molecule has 32 heavy (non-hydrogen) atoms. The second kappa shape index (κ2) is 10.6. The third-order valence-electron chi connectivity index (χ3n) is 5.38. The third-order valence-corrected chi connectivity index (χ3v) is 5.92. The van der Waals surface area contributed by atoms with Crippen LogP contribution in [-0.4, -0.2) is 45.4 Å². The Morgan fingerprint density at radius 2 is 1.78 bits per heavy atom. The Kier molecular flexibility index (Phi) is 8.03. The van der Waals surface area contributed by atoms with Crippen molar-refractivity contribution >= 4 is 35.1 Å². The van der Waals surface area contributed by atoms with Gasteiger partial charge in [0.2, 0.25) is 0 Å². The molecule has 2 aromatic rings. The summed E-state index contributed by atoms with van der Waals surface area (Å²) in [5, 5.41) is 8.51. The summed E-state index contributed by atoms with van der Waals surface area (Å²) in [5.74, 6) is -0.645. The molecule has 1 saturated heterocycles. The lowest BCUT2D eigenvalue weighted by molar-refractivity contribution is -0.225. The van der Waals surface area contributed by atoms with Crippen molar-refractivity contribution in [2.24, 2.45) is 5.92 Å². The highest BCUT2D eigenvalue weighted by Crippen LogP contribution is 2.40. The Morgan fingerprint density at radius 1 is 1.09 bits per heavy atom. The molecule has 0 unspecified atom stereocenters. The lowest BCUT2D eigenvalue weighted by Crippen LogP contribution is -2.52. The van der Waals surface area contributed by atoms with E-state index in [9.17, 15) is 9.59 Å². The maximum atomic E-state index is 11.9. The van der Waals surface area contributed by atoms with Crippen molar-refractivity contribution in [2.45, 2.75) is 65.0 Å². The van der Waals surface area contributed by atoms with Crippen LogP contribution in [0.5, 0.6) is 0 Å². The zero-order valence-electron chi connectivity index (χ0n) is 18.2. The van der Waals surface area contributed by atoms with E-state index in [0.29, 0.717) is 23.7 Å². The van der Waals surface area contributed by atoms with E-state index in [1.54, 1.807) is 6.07 Å². The van der Waals surface area contributed by atoms with Crippen molar-refractivity contribution < 1.29 is 23.8 Å². The van der Waals surface area contributed by atoms with Gasteiger partial charge in [-0.1, -0.05) is 49.2 Å². The van der Waals surface area contributed by atoms with E-state index in [-0.39, 0.29) is 17.2 Å². The Hall–Kier alpha value is -2.29. The highest BCUT2D eigenvalue weighted by Gasteiger charge is 2.47. The monoisotopic (exact) mass is 481 g/mol. The minimum atomic E-state index is -0.809. The average Bonchev–Trinajstić information content (AvgIpc) is 2.73. The minimum Gasteiger partial charge on any atom is -0.458 e. The first-order valence-electron chi connectivity index (χ1n) is 10.3. The lowest BCUT2D eigenvalue weighted by atomic mass is 9.84. The van der Waals surface area contributed by atoms with Crippen LogP contribution in [0.4, 0.5) is 0 Å². The molecule has 0 amide bonds. The maximum Gasteiger partial charge on any atom is 0.303 e. The summed E-state index contributed by atoms with van der Waals surface area (Å²) in [6.07, 6.45) is 0.137. The Morgan fingerprint density at radius 3 is 2.38 bits per heavy atom. The number of carbonyl (C=O) groups is 2. The van der Waals surface area contributed by atoms with Gasteiger partial charge in [0.25, 0.3) is 0 Å². The molecule has 1 aliphatic rings. The van der Waals surface area contributed by atoms with E-state index < -0.39 is 30.3 Å². The second-order valence-corrected chi connectivity index (χ2v) is 8.53. The van der Waals surface area contributed by atoms with Crippen molar-refractivity contribution in [1.29, 1.82) is 0 Å². The molecular formula is C22H25Cl2N3O5. The number of hydrogen-bond acceptors (Lipinski definition) is 8. The first-order valence-corrected chi connectivity index (χ1v) is 11.1. The van der Waals surface area contributed by atoms with Crippen LogP contribution in [0, 0.1) is 5.92 Å². The van der Waals surface area contributed by atoms with Crippen molar-refractivity contribution in [3.8, 4) is 0 Å². The van der Waals surface area contributed by atoms with Gasteiger partial charge in [0, 0.05) is 31.2 Å². The van der Waals surface area contributed by atoms with Gasteiger partial charge in [0.1, 0.15) is 12.2 Å². The molecule has 1 aromatic carbocycles. The topological polar surface area (TPSA) is 101 Å². The fourth-order valence-corrected chi connectivity index (χ4v) is 4.21. The van der Waals surface area contributed by atoms with Crippen LogP contribution in [0.15, 0.2) is 24.4 Å². The molecule has 1 aliphatic heterocycles. The summed E-state index contributed by atoms with van der Waals surface area (Å²) >= 11 is 12.2. The van der Waals surface area contributed by atoms with E-state index in [2.05, 4.69) is 15.2 Å². The summed E-state index contributed by atoms with van der Waals surface area (Å²) in [5.41, 5.74) is 1.48. The van der Waals surface area contributed by atoms with Crippen LogP contribution in [-0.2, 0) is 30.2 Å². The van der Waals surface area contributed by atoms with Gasteiger partial charge < -0.3 is 14.2 Å². The number of rotatable bonds is 6. The van der Waals surface area contributed by atoms with E-state index in [1.165, 1.54) is 20.0 Å². The molecule has 8 nitrogen and oxygen atoms in total. The van der Waals surface area contributed by atoms with Crippen molar-refractivity contribution in [2.75, 3.05) is 0 Å². The molecule has 0 bridgehead atoms. The Balaban J connectivity index is 1.98. The van der Waals surface area contributed by atoms with Gasteiger partial charge >= 0.3 is 11.9 Å². The minimum absolute atomic E-state index is 0.162. The summed E-state index contributed by atoms with van der Waals surface area (Å²) in [6, 6.07) is 5.40. The first-order chi connectivity index (χ1) is 15.2. The lowest BCUT2D eigenvalue weighted by Gasteiger charge is -2.44. The highest BCUT2D eigenvalue weighted by atomic mass is 35.5. The summed E-state index contributed by atoms with van der Waals surface area (Å²) in [6.45, 7) is 6.57. The number of nitrogens with zero attached hydrogens (tertiary/aromatic N) is 3. The van der Waals surface area contributed by atoms with Gasteiger partial charge in [-0.3, -0.25) is 9.59 Å². The fraction of sp³-hybridized carbons (Fsp3) is 0.500. The SMILES string of the molecule is CC[C@H]1O[C@@H](c2ccc(Cl)c(Cc3ncc(Cl)nn3)c2)[C@H](OC(C)=O)[C@@H](OC(C)=O)[C@@H]1C. The van der Waals surface area contributed by atoms with Crippen LogP contribution in [0.3, 0.4) is 0 Å². The third kappa shape index (κ3) is 5.74. The number of halogens is 2. The molecule has 0 spiro atoms. The quantitative estimate of drug-likeness (QED) is 0.567. The normalized spacial score (nSPS) is 25.2. The standard InChI is InChI=1S/C22H25Cl2N3O5/c1-5-17-11(2)20(30-12(3)28)22(31-13(4)29)21(32-17)14-6-7-16(23)15(8-14)9-19-25-10-18(24)26-27-19/h6-8,10-11,17,20-22H,5,9H2,1-4H3/t11-,17-,20+,21+,22-/m1/s1. The molecule has 1 aromatic heterocycles. The van der Waals surface area contributed by atoms with Crippen LogP contribution < -0.4 is 0 Å². The molecule has 3 rings (SSSR count). The smallest absolute Gasteiger partial charge is 0.303 e. The molecule has 172 valence electrons. The number of ether oxygens (including phenoxy) is 3. The zero-order chi connectivity index (χ0) is 23.4. The molecule has 0 N–H and O–H groups in total. The molecule has 2 heterocycles. The van der Waals surface area contributed by atoms with Crippen LogP contribution in [0.1, 0.15) is 57.2 Å². The van der Waals surface area contributed by atoms with Crippen LogP contribution in [0.2, 0.25) is 10.2 Å². The van der Waals surface area contributed by atoms with Gasteiger partial charge in [-0.15, -0.1) is 10.2 Å². The molecule has 10 heteroatoms. The molecule has 0 radical (unpaired) electrons. The summed E-state index contributed by atoms with van der Waals surface area (Å²) in [4.78, 5) is 27.9. The predicted molar refractivity (Wildman–Crippen MR) is 117 cm³/mol. The zero-order valence-corrected chi connectivity index (χ0v) is 19.8. The highest BCUT2D eigenvalue weighted by molar-refractivity contribution is 6.31. The largest absolute Gasteiger partial charge is 0.458 e. The maximum absolute atomic E-state index is 11.9. The Bertz CT molecular complexity index is 973. The van der Waals surface area contributed by atoms with E-state index in [0.717, 1.165) is 11.1 Å². The van der Waals surface area contributed by atoms with Crippen molar-refractivity contribution in [3.63, 3.8) is 0 Å². The summed E-state index contributed by atoms with van der Waals surface area (Å²) < 4.78 is 17.6. The average molecular weight is 482 g/mol. The van der Waals surface area contributed by atoms with Gasteiger partial charge in [-0.25, -0.2) is 4.98 Å². The number of carbonyl (C=O) groups excluding carboxylic acids is 2. The van der Waals surface area contributed by atoms with Crippen LogP contribution in [0.25, 0.3) is 0 Å². The number of hydrogen-bond donors (Lipinski definition) is 0. The number of benzene rings is 1. The number of esters is 2. The van der Waals surface area contributed by atoms with E-state index in [4.69, 9.17) is 37.4 Å². The number of aromatic nitrogens is 3. The Labute approximate surface area is 196 Å². The van der Waals surface area contributed by atoms with E-state index >= 15 is 0 Å². The fourth-order valence-electron chi connectivity index (χ4n) is 3.94. The van der Waals surface area contributed by atoms with Gasteiger partial charge in [0.05, 0.1) is 12.3 Å². The summed E-state index contributed by atoms with van der Waals surface area (Å²) in [7, 11) is 0. The van der Waals surface area contributed by atoms with E-state index in [1.807, 2.05) is 26.0 Å². The van der Waals surface area contributed by atoms with Crippen molar-refractivity contribution in [1.82, 2.24) is 15.2 Å². The van der Waals surface area contributed by atoms with Gasteiger partial charge in [0.15, 0.2) is 17.1 Å². The molecule has 0 aliphatic carbocycles. The molecular weight excluding hydrogens is 457 g/mol. The second-order valence-electron chi connectivity index (χ2n) is 7.74. The van der Waals surface area contributed by atoms with Crippen molar-refractivity contribution in [3.05, 3.63) is 51.5 Å². The molecule has 1 fully saturated rings. The predicted octanol–water partition coefficient (Wildman–Crippen LogP) is 4.12. The molecule has 5 atom stereocenters. The first kappa shape index (κ1) is 24.4. The van der Waals surface area contributed by atoms with Gasteiger partial charge in [-0.2, -0.15) is 0 Å². The molecule has 0 saturated carbocycles. The van der Waals surface area contributed by atoms with Crippen LogP contribution >= 0.6 is 23.2 Å². The van der Waals surface area contributed by atoms with Gasteiger partial charge in [-0.05, 0) is 23.6 Å².